The summed E-state index contributed by atoms with van der Waals surface area (Å²) in [6.07, 6.45) is 1.06. The first-order chi connectivity index (χ1) is 14.2. The second-order valence-corrected chi connectivity index (χ2v) is 7.37. The zero-order valence-corrected chi connectivity index (χ0v) is 16.8. The Labute approximate surface area is 175 Å². The second kappa shape index (κ2) is 9.12. The monoisotopic (exact) mass is 406 g/mol. The normalized spacial score (nSPS) is 12.2. The molecule has 4 rings (SSSR count). The summed E-state index contributed by atoms with van der Waals surface area (Å²) in [4.78, 5) is 4.71. The molecule has 0 radical (unpaired) electrons. The zero-order chi connectivity index (χ0) is 20.1. The maximum atomic E-state index is 10.9. The van der Waals surface area contributed by atoms with Gasteiger partial charge in [-0.05, 0) is 54.8 Å². The minimum atomic E-state index is -0.756. The number of aliphatic hydroxyl groups excluding tert-OH is 1. The van der Waals surface area contributed by atoms with Gasteiger partial charge in [-0.25, -0.2) is 4.98 Å². The first-order valence-electron chi connectivity index (χ1n) is 9.79. The summed E-state index contributed by atoms with van der Waals surface area (Å²) in [7, 11) is 0. The Kier molecular flexibility index (Phi) is 6.13. The van der Waals surface area contributed by atoms with Crippen LogP contribution in [0.5, 0.6) is 5.75 Å². The third-order valence-electron chi connectivity index (χ3n) is 4.90. The van der Waals surface area contributed by atoms with Crippen molar-refractivity contribution in [3.63, 3.8) is 0 Å². The summed E-state index contributed by atoms with van der Waals surface area (Å²) in [6.45, 7) is 1.40. The van der Waals surface area contributed by atoms with Gasteiger partial charge in [-0.15, -0.1) is 0 Å². The highest BCUT2D eigenvalue weighted by Crippen LogP contribution is 2.26. The van der Waals surface area contributed by atoms with Crippen molar-refractivity contribution in [2.24, 2.45) is 0 Å². The molecule has 1 aromatic heterocycles. The Morgan fingerprint density at radius 3 is 2.41 bits per heavy atom. The van der Waals surface area contributed by atoms with Crippen molar-refractivity contribution < 1.29 is 9.84 Å². The maximum Gasteiger partial charge on any atom is 0.143 e. The topological polar surface area (TPSA) is 47.3 Å². The molecule has 0 spiro atoms. The maximum absolute atomic E-state index is 10.9. The van der Waals surface area contributed by atoms with Gasteiger partial charge in [-0.2, -0.15) is 0 Å². The Hall–Kier alpha value is -2.82. The standard InChI is InChI=1S/C24H23ClN2O2/c25-19-12-14-20(15-13-19)29-17-7-6-16-27-22-11-5-4-10-21(22)26-24(27)23(28)18-8-2-1-3-9-18/h1-5,8-15,23,28H,6-7,16-17H2. The van der Waals surface area contributed by atoms with E-state index in [9.17, 15) is 5.11 Å². The third kappa shape index (κ3) is 4.61. The fraction of sp³-hybridized carbons (Fsp3) is 0.208. The molecule has 0 aliphatic rings. The molecule has 0 saturated heterocycles. The van der Waals surface area contributed by atoms with Crippen molar-refractivity contribution in [2.45, 2.75) is 25.5 Å². The number of nitrogens with zero attached hydrogens (tertiary/aromatic N) is 2. The van der Waals surface area contributed by atoms with E-state index in [0.29, 0.717) is 17.5 Å². The summed E-state index contributed by atoms with van der Waals surface area (Å²) in [5, 5.41) is 11.6. The average molecular weight is 407 g/mol. The molecule has 1 N–H and O–H groups in total. The van der Waals surface area contributed by atoms with Gasteiger partial charge >= 0.3 is 0 Å². The van der Waals surface area contributed by atoms with Crippen LogP contribution in [0.1, 0.15) is 30.3 Å². The first kappa shape index (κ1) is 19.5. The van der Waals surface area contributed by atoms with Crippen LogP contribution in [-0.4, -0.2) is 21.3 Å². The largest absolute Gasteiger partial charge is 0.494 e. The first-order valence-corrected chi connectivity index (χ1v) is 10.2. The number of imidazole rings is 1. The molecule has 0 aliphatic heterocycles. The van der Waals surface area contributed by atoms with Crippen molar-refractivity contribution in [1.29, 1.82) is 0 Å². The summed E-state index contributed by atoms with van der Waals surface area (Å²) in [6, 6.07) is 25.1. The van der Waals surface area contributed by atoms with Crippen molar-refractivity contribution in [2.75, 3.05) is 6.61 Å². The van der Waals surface area contributed by atoms with Gasteiger partial charge in [0, 0.05) is 11.6 Å². The van der Waals surface area contributed by atoms with Gasteiger partial charge in [0.1, 0.15) is 17.7 Å². The molecule has 0 amide bonds. The molecule has 0 saturated carbocycles. The van der Waals surface area contributed by atoms with Crippen molar-refractivity contribution in [3.05, 3.63) is 95.3 Å². The molecule has 0 aliphatic carbocycles. The number of halogens is 1. The Bertz CT molecular complexity index is 1060. The fourth-order valence-electron chi connectivity index (χ4n) is 3.42. The number of ether oxygens (including phenoxy) is 1. The van der Waals surface area contributed by atoms with Crippen LogP contribution < -0.4 is 4.74 Å². The van der Waals surface area contributed by atoms with Crippen LogP contribution in [0.4, 0.5) is 0 Å². The molecular formula is C24H23ClN2O2. The molecule has 3 aromatic carbocycles. The lowest BCUT2D eigenvalue weighted by atomic mass is 10.1. The van der Waals surface area contributed by atoms with E-state index in [2.05, 4.69) is 4.57 Å². The van der Waals surface area contributed by atoms with Crippen LogP contribution in [0.15, 0.2) is 78.9 Å². The van der Waals surface area contributed by atoms with Gasteiger partial charge in [0.15, 0.2) is 0 Å². The molecule has 0 fully saturated rings. The Morgan fingerprint density at radius 1 is 0.897 bits per heavy atom. The zero-order valence-electron chi connectivity index (χ0n) is 16.0. The van der Waals surface area contributed by atoms with Crippen LogP contribution in [-0.2, 0) is 6.54 Å². The number of unbranched alkanes of at least 4 members (excludes halogenated alkanes) is 1. The molecule has 1 atom stereocenters. The number of aromatic nitrogens is 2. The minimum Gasteiger partial charge on any atom is -0.494 e. The van der Waals surface area contributed by atoms with Crippen LogP contribution >= 0.6 is 11.6 Å². The number of hydrogen-bond donors (Lipinski definition) is 1. The van der Waals surface area contributed by atoms with E-state index in [4.69, 9.17) is 21.3 Å². The minimum absolute atomic E-state index is 0.630. The summed E-state index contributed by atoms with van der Waals surface area (Å²) >= 11 is 5.90. The summed E-state index contributed by atoms with van der Waals surface area (Å²) in [5.74, 6) is 1.50. The van der Waals surface area contributed by atoms with Gasteiger partial charge in [0.2, 0.25) is 0 Å². The van der Waals surface area contributed by atoms with Crippen LogP contribution in [0, 0.1) is 0 Å². The average Bonchev–Trinajstić information content (AvgIpc) is 3.13. The van der Waals surface area contributed by atoms with E-state index in [1.165, 1.54) is 0 Å². The van der Waals surface area contributed by atoms with Crippen LogP contribution in [0.3, 0.4) is 0 Å². The molecule has 148 valence electrons. The molecule has 1 heterocycles. The number of fused-ring (bicyclic) bond motifs is 1. The summed E-state index contributed by atoms with van der Waals surface area (Å²) < 4.78 is 7.90. The van der Waals surface area contributed by atoms with Crippen molar-refractivity contribution in [1.82, 2.24) is 9.55 Å². The highest BCUT2D eigenvalue weighted by molar-refractivity contribution is 6.30. The van der Waals surface area contributed by atoms with E-state index in [0.717, 1.165) is 41.7 Å². The molecule has 4 aromatic rings. The third-order valence-corrected chi connectivity index (χ3v) is 5.15. The number of aryl methyl sites for hydroxylation is 1. The highest BCUT2D eigenvalue weighted by Gasteiger charge is 2.19. The SMILES string of the molecule is OC(c1ccccc1)c1nc2ccccc2n1CCCCOc1ccc(Cl)cc1. The van der Waals surface area contributed by atoms with Gasteiger partial charge in [0.05, 0.1) is 17.6 Å². The van der Waals surface area contributed by atoms with Crippen LogP contribution in [0.25, 0.3) is 11.0 Å². The number of benzene rings is 3. The molecule has 4 nitrogen and oxygen atoms in total. The number of rotatable bonds is 8. The molecule has 1 unspecified atom stereocenters. The predicted molar refractivity (Wildman–Crippen MR) is 116 cm³/mol. The summed E-state index contributed by atoms with van der Waals surface area (Å²) in [5.41, 5.74) is 2.78. The molecular weight excluding hydrogens is 384 g/mol. The molecule has 5 heteroatoms. The van der Waals surface area contributed by atoms with Crippen molar-refractivity contribution >= 4 is 22.6 Å². The molecule has 29 heavy (non-hydrogen) atoms. The number of hydrogen-bond acceptors (Lipinski definition) is 3. The van der Waals surface area contributed by atoms with E-state index in [1.807, 2.05) is 78.9 Å². The number of para-hydroxylation sites is 2. The van der Waals surface area contributed by atoms with Crippen LogP contribution in [0.2, 0.25) is 5.02 Å². The lowest BCUT2D eigenvalue weighted by molar-refractivity contribution is 0.204. The van der Waals surface area contributed by atoms with Gasteiger partial charge in [-0.1, -0.05) is 54.1 Å². The smallest absolute Gasteiger partial charge is 0.143 e. The van der Waals surface area contributed by atoms with E-state index >= 15 is 0 Å². The Balaban J connectivity index is 1.45. The fourth-order valence-corrected chi connectivity index (χ4v) is 3.54. The quantitative estimate of drug-likeness (QED) is 0.386. The van der Waals surface area contributed by atoms with E-state index in [-0.39, 0.29) is 0 Å². The van der Waals surface area contributed by atoms with Gasteiger partial charge in [0.25, 0.3) is 0 Å². The van der Waals surface area contributed by atoms with E-state index < -0.39 is 6.10 Å². The number of aliphatic hydroxyl groups is 1. The lowest BCUT2D eigenvalue weighted by Gasteiger charge is -2.14. The Morgan fingerprint density at radius 2 is 1.62 bits per heavy atom. The van der Waals surface area contributed by atoms with Gasteiger partial charge in [-0.3, -0.25) is 0 Å². The lowest BCUT2D eigenvalue weighted by Crippen LogP contribution is -2.11. The molecule has 0 bridgehead atoms. The van der Waals surface area contributed by atoms with E-state index in [1.54, 1.807) is 0 Å². The van der Waals surface area contributed by atoms with Crippen molar-refractivity contribution in [3.8, 4) is 5.75 Å². The van der Waals surface area contributed by atoms with Gasteiger partial charge < -0.3 is 14.4 Å². The highest BCUT2D eigenvalue weighted by atomic mass is 35.5. The second-order valence-electron chi connectivity index (χ2n) is 6.93. The predicted octanol–water partition coefficient (Wildman–Crippen LogP) is 5.63.